The Morgan fingerprint density at radius 1 is 1.39 bits per heavy atom. The molecule has 2 aliphatic rings. The van der Waals surface area contributed by atoms with E-state index in [9.17, 15) is 9.59 Å². The minimum atomic E-state index is -0.417. The summed E-state index contributed by atoms with van der Waals surface area (Å²) in [5.74, 6) is -0.253. The van der Waals surface area contributed by atoms with E-state index in [0.29, 0.717) is 28.1 Å². The van der Waals surface area contributed by atoms with Gasteiger partial charge in [-0.25, -0.2) is 9.79 Å². The molecule has 7 heteroatoms. The molecule has 0 bridgehead atoms. The molecule has 3 amide bonds. The molecule has 2 N–H and O–H groups in total. The van der Waals surface area contributed by atoms with Crippen LogP contribution in [0.3, 0.4) is 0 Å². The molecule has 6 nitrogen and oxygen atoms in total. The monoisotopic (exact) mass is 261 g/mol. The van der Waals surface area contributed by atoms with E-state index in [1.807, 2.05) is 6.07 Å². The highest BCUT2D eigenvalue weighted by atomic mass is 32.1. The molecule has 1 aromatic rings. The molecular formula is C11H9N4O2S+. The van der Waals surface area contributed by atoms with Gasteiger partial charge in [0.15, 0.2) is 0 Å². The SMILES string of the molecule is O=C1CCN(c2cccc3c2=[NH+]C(=S)N=3)C(=O)N1. The van der Waals surface area contributed by atoms with Crippen LogP contribution >= 0.6 is 12.2 Å². The van der Waals surface area contributed by atoms with Gasteiger partial charge in [0.2, 0.25) is 16.6 Å². The maximum Gasteiger partial charge on any atom is 0.391 e. The fourth-order valence-corrected chi connectivity index (χ4v) is 2.21. The Kier molecular flexibility index (Phi) is 2.41. The van der Waals surface area contributed by atoms with Crippen LogP contribution in [0.4, 0.5) is 10.5 Å². The van der Waals surface area contributed by atoms with Gasteiger partial charge in [-0.05, 0) is 17.1 Å². The summed E-state index contributed by atoms with van der Waals surface area (Å²) >= 11 is 4.98. The van der Waals surface area contributed by atoms with Crippen molar-refractivity contribution in [3.63, 3.8) is 0 Å². The lowest BCUT2D eigenvalue weighted by atomic mass is 10.2. The topological polar surface area (TPSA) is 75.7 Å². The van der Waals surface area contributed by atoms with Crippen molar-refractivity contribution in [3.05, 3.63) is 28.9 Å². The zero-order valence-electron chi connectivity index (χ0n) is 9.27. The van der Waals surface area contributed by atoms with Crippen LogP contribution in [0, 0.1) is 0 Å². The number of benzene rings is 1. The van der Waals surface area contributed by atoms with E-state index in [2.05, 4.69) is 15.3 Å². The summed E-state index contributed by atoms with van der Waals surface area (Å²) in [4.78, 5) is 31.5. The number of fused-ring (bicyclic) bond motifs is 1. The van der Waals surface area contributed by atoms with E-state index in [-0.39, 0.29) is 12.3 Å². The number of carbonyl (C=O) groups excluding carboxylic acids is 2. The molecule has 90 valence electrons. The molecule has 0 aliphatic carbocycles. The number of para-hydroxylation sites is 1. The normalized spacial score (nSPS) is 18.0. The second-order valence-electron chi connectivity index (χ2n) is 3.97. The first-order valence-corrected chi connectivity index (χ1v) is 5.83. The number of thiocarbonyl (C=S) groups is 1. The second kappa shape index (κ2) is 3.95. The third-order valence-electron chi connectivity index (χ3n) is 2.82. The van der Waals surface area contributed by atoms with Gasteiger partial charge in [-0.1, -0.05) is 6.07 Å². The van der Waals surface area contributed by atoms with Gasteiger partial charge in [-0.3, -0.25) is 15.0 Å². The number of nitrogens with zero attached hydrogens (tertiary/aromatic N) is 2. The van der Waals surface area contributed by atoms with Crippen LogP contribution in [0.25, 0.3) is 0 Å². The van der Waals surface area contributed by atoms with Gasteiger partial charge >= 0.3 is 11.1 Å². The Balaban J connectivity index is 2.11. The molecular weight excluding hydrogens is 252 g/mol. The highest BCUT2D eigenvalue weighted by Gasteiger charge is 2.27. The van der Waals surface area contributed by atoms with Crippen LogP contribution in [0.5, 0.6) is 0 Å². The average molecular weight is 261 g/mol. The molecule has 3 rings (SSSR count). The van der Waals surface area contributed by atoms with Gasteiger partial charge in [0.1, 0.15) is 0 Å². The first-order valence-electron chi connectivity index (χ1n) is 5.42. The lowest BCUT2D eigenvalue weighted by Gasteiger charge is -2.25. The van der Waals surface area contributed by atoms with Crippen LogP contribution in [-0.4, -0.2) is 23.6 Å². The highest BCUT2D eigenvalue weighted by Crippen LogP contribution is 2.10. The number of hydrogen-bond donors (Lipinski definition) is 2. The summed E-state index contributed by atoms with van der Waals surface area (Å²) in [7, 11) is 0. The van der Waals surface area contributed by atoms with Crippen LogP contribution < -0.4 is 25.9 Å². The Hall–Kier alpha value is -2.15. The Bertz CT molecular complexity index is 697. The molecule has 2 aliphatic heterocycles. The third kappa shape index (κ3) is 1.68. The van der Waals surface area contributed by atoms with Crippen molar-refractivity contribution < 1.29 is 14.6 Å². The van der Waals surface area contributed by atoms with Crippen molar-refractivity contribution in [2.45, 2.75) is 6.42 Å². The highest BCUT2D eigenvalue weighted by molar-refractivity contribution is 7.79. The van der Waals surface area contributed by atoms with E-state index >= 15 is 0 Å². The summed E-state index contributed by atoms with van der Waals surface area (Å²) in [6, 6.07) is 5.00. The van der Waals surface area contributed by atoms with Crippen LogP contribution in [0.1, 0.15) is 6.42 Å². The number of imide groups is 1. The quantitative estimate of drug-likeness (QED) is 0.561. The molecule has 18 heavy (non-hydrogen) atoms. The van der Waals surface area contributed by atoms with Crippen molar-refractivity contribution in [3.8, 4) is 0 Å². The molecule has 0 unspecified atom stereocenters. The smallest absolute Gasteiger partial charge is 0.289 e. The van der Waals surface area contributed by atoms with Gasteiger partial charge in [-0.15, -0.1) is 0 Å². The number of urea groups is 1. The number of anilines is 1. The van der Waals surface area contributed by atoms with Crippen molar-refractivity contribution in [1.29, 1.82) is 0 Å². The minimum absolute atomic E-state index is 0.253. The molecule has 2 heterocycles. The standard InChI is InChI=1S/C11H8N4O2S/c16-8-4-5-15(11(17)13-8)7-3-1-2-6-9(7)14-10(18)12-6/h1-3H,4-5H2,(H,13,16,17)/p+1. The predicted octanol–water partition coefficient (Wildman–Crippen LogP) is -2.25. The molecule has 0 radical (unpaired) electrons. The summed E-state index contributed by atoms with van der Waals surface area (Å²) in [5.41, 5.74) is 0.682. The molecule has 1 saturated heterocycles. The van der Waals surface area contributed by atoms with E-state index in [0.717, 1.165) is 0 Å². The predicted molar refractivity (Wildman–Crippen MR) is 65.4 cm³/mol. The van der Waals surface area contributed by atoms with E-state index in [1.54, 1.807) is 12.1 Å². The summed E-state index contributed by atoms with van der Waals surface area (Å²) < 4.78 is 0. The van der Waals surface area contributed by atoms with Gasteiger partial charge in [0, 0.05) is 25.2 Å². The van der Waals surface area contributed by atoms with Crippen molar-refractivity contribution >= 4 is 35.0 Å². The van der Waals surface area contributed by atoms with E-state index in [4.69, 9.17) is 12.2 Å². The summed E-state index contributed by atoms with van der Waals surface area (Å²) in [6.07, 6.45) is 0.289. The number of hydrogen-bond acceptors (Lipinski definition) is 3. The molecule has 0 saturated carbocycles. The maximum atomic E-state index is 11.8. The molecule has 0 aromatic heterocycles. The second-order valence-corrected chi connectivity index (χ2v) is 4.35. The van der Waals surface area contributed by atoms with Crippen molar-refractivity contribution in [2.24, 2.45) is 4.99 Å². The number of rotatable bonds is 1. The van der Waals surface area contributed by atoms with Crippen LogP contribution in [-0.2, 0) is 4.79 Å². The third-order valence-corrected chi connectivity index (χ3v) is 3.01. The fraction of sp³-hybridized carbons (Fsp3) is 0.182. The number of amides is 3. The maximum absolute atomic E-state index is 11.8. The number of carbonyl (C=O) groups is 2. The molecule has 1 fully saturated rings. The molecule has 1 aromatic carbocycles. The summed E-state index contributed by atoms with van der Waals surface area (Å²) in [6.45, 7) is 0.357. The first kappa shape index (κ1) is 11.0. The Labute approximate surface area is 107 Å². The fourth-order valence-electron chi connectivity index (χ4n) is 2.01. The zero-order valence-corrected chi connectivity index (χ0v) is 10.1. The van der Waals surface area contributed by atoms with E-state index in [1.165, 1.54) is 4.90 Å². The average Bonchev–Trinajstić information content (AvgIpc) is 2.69. The van der Waals surface area contributed by atoms with E-state index < -0.39 is 6.03 Å². The van der Waals surface area contributed by atoms with Gasteiger partial charge in [0.05, 0.1) is 5.69 Å². The lowest BCUT2D eigenvalue weighted by Crippen LogP contribution is -2.79. The van der Waals surface area contributed by atoms with Gasteiger partial charge in [-0.2, -0.15) is 0 Å². The van der Waals surface area contributed by atoms with Crippen LogP contribution in [0.2, 0.25) is 0 Å². The van der Waals surface area contributed by atoms with Gasteiger partial charge in [0.25, 0.3) is 0 Å². The first-order chi connectivity index (χ1) is 8.65. The van der Waals surface area contributed by atoms with Gasteiger partial charge < -0.3 is 0 Å². The van der Waals surface area contributed by atoms with Crippen molar-refractivity contribution in [1.82, 2.24) is 5.32 Å². The Morgan fingerprint density at radius 3 is 3.00 bits per heavy atom. The van der Waals surface area contributed by atoms with Crippen LogP contribution in [0.15, 0.2) is 23.2 Å². The summed E-state index contributed by atoms with van der Waals surface area (Å²) in [5, 5.41) is 4.09. The minimum Gasteiger partial charge on any atom is -0.289 e. The molecule has 0 spiro atoms. The number of nitrogens with one attached hydrogen (secondary N) is 2. The largest absolute Gasteiger partial charge is 0.391 e. The molecule has 0 atom stereocenters. The lowest BCUT2D eigenvalue weighted by molar-refractivity contribution is -0.358. The zero-order chi connectivity index (χ0) is 12.7. The van der Waals surface area contributed by atoms with Crippen molar-refractivity contribution in [2.75, 3.05) is 11.4 Å². The Morgan fingerprint density at radius 2 is 2.22 bits per heavy atom.